The zero-order chi connectivity index (χ0) is 13.2. The van der Waals surface area contributed by atoms with Crippen LogP contribution in [0.1, 0.15) is 38.4 Å². The molecule has 102 valence electrons. The quantitative estimate of drug-likeness (QED) is 0.934. The van der Waals surface area contributed by atoms with E-state index in [2.05, 4.69) is 16.9 Å². The molecule has 1 aliphatic carbocycles. The first-order valence-electron chi connectivity index (χ1n) is 6.83. The number of nitrogens with zero attached hydrogens (tertiary/aromatic N) is 2. The predicted molar refractivity (Wildman–Crippen MR) is 78.0 cm³/mol. The van der Waals surface area contributed by atoms with Gasteiger partial charge in [-0.3, -0.25) is 0 Å². The number of hydrogen-bond donors (Lipinski definition) is 1. The van der Waals surface area contributed by atoms with Gasteiger partial charge in [0, 0.05) is 0 Å². The fourth-order valence-electron chi connectivity index (χ4n) is 2.58. The minimum absolute atomic E-state index is 0.361. The Bertz CT molecular complexity index is 561. The van der Waals surface area contributed by atoms with E-state index < -0.39 is 0 Å². The molecule has 19 heavy (non-hydrogen) atoms. The van der Waals surface area contributed by atoms with Crippen molar-refractivity contribution in [2.45, 2.75) is 45.3 Å². The van der Waals surface area contributed by atoms with Gasteiger partial charge in [0.25, 0.3) is 0 Å². The van der Waals surface area contributed by atoms with Gasteiger partial charge >= 0.3 is 0 Å². The van der Waals surface area contributed by atoms with Gasteiger partial charge in [0.05, 0.1) is 11.5 Å². The first-order chi connectivity index (χ1) is 9.22. The van der Waals surface area contributed by atoms with Crippen molar-refractivity contribution >= 4 is 27.4 Å². The van der Waals surface area contributed by atoms with E-state index >= 15 is 0 Å². The van der Waals surface area contributed by atoms with Crippen molar-refractivity contribution in [1.29, 1.82) is 0 Å². The van der Waals surface area contributed by atoms with Gasteiger partial charge in [-0.15, -0.1) is 11.3 Å². The van der Waals surface area contributed by atoms with E-state index in [-0.39, 0.29) is 0 Å². The van der Waals surface area contributed by atoms with Crippen LogP contribution in [0.15, 0.2) is 11.4 Å². The number of aromatic nitrogens is 2. The largest absolute Gasteiger partial charge is 0.383 e. The monoisotopic (exact) mass is 277 g/mol. The van der Waals surface area contributed by atoms with Gasteiger partial charge < -0.3 is 10.5 Å². The number of hydrogen-bond acceptors (Lipinski definition) is 5. The summed E-state index contributed by atoms with van der Waals surface area (Å²) in [6.45, 7) is 2.78. The Morgan fingerprint density at radius 2 is 2.11 bits per heavy atom. The molecule has 0 saturated heterocycles. The number of ether oxygens (including phenoxy) is 1. The van der Waals surface area contributed by atoms with E-state index in [0.29, 0.717) is 24.4 Å². The zero-order valence-electron chi connectivity index (χ0n) is 11.1. The third kappa shape index (κ3) is 2.87. The molecule has 1 aliphatic rings. The number of rotatable bonds is 3. The molecular weight excluding hydrogens is 258 g/mol. The highest BCUT2D eigenvalue weighted by Crippen LogP contribution is 2.27. The Morgan fingerprint density at radius 3 is 2.89 bits per heavy atom. The number of nitrogen functional groups attached to an aromatic ring is 1. The van der Waals surface area contributed by atoms with Crippen molar-refractivity contribution in [3.63, 3.8) is 0 Å². The van der Waals surface area contributed by atoms with Gasteiger partial charge in [0.15, 0.2) is 5.82 Å². The third-order valence-corrected chi connectivity index (χ3v) is 4.62. The van der Waals surface area contributed by atoms with Crippen molar-refractivity contribution in [3.8, 4) is 0 Å². The Balaban J connectivity index is 1.65. The minimum atomic E-state index is 0.361. The molecule has 0 radical (unpaired) electrons. The van der Waals surface area contributed by atoms with Gasteiger partial charge in [-0.1, -0.05) is 6.92 Å². The lowest BCUT2D eigenvalue weighted by Crippen LogP contribution is -2.20. The normalized spacial score (nSPS) is 23.8. The second-order valence-electron chi connectivity index (χ2n) is 5.36. The van der Waals surface area contributed by atoms with E-state index in [9.17, 15) is 0 Å². The van der Waals surface area contributed by atoms with E-state index in [4.69, 9.17) is 10.5 Å². The van der Waals surface area contributed by atoms with Crippen molar-refractivity contribution in [2.24, 2.45) is 5.92 Å². The van der Waals surface area contributed by atoms with E-state index in [1.165, 1.54) is 12.8 Å². The van der Waals surface area contributed by atoms with Crippen LogP contribution in [0, 0.1) is 5.92 Å². The second-order valence-corrected chi connectivity index (χ2v) is 6.25. The molecule has 3 rings (SSSR count). The summed E-state index contributed by atoms with van der Waals surface area (Å²) < 4.78 is 5.92. The molecule has 5 heteroatoms. The van der Waals surface area contributed by atoms with Crippen molar-refractivity contribution in [2.75, 3.05) is 5.73 Å². The molecule has 2 heterocycles. The standard InChI is InChI=1S/C14H19N3OS/c1-9-2-4-10(5-3-9)18-8-12-16-13(15)11-6-7-19-14(11)17-12/h6-7,9-10H,2-5,8H2,1H3,(H2,15,16,17). The molecule has 0 amide bonds. The molecule has 2 aromatic rings. The lowest BCUT2D eigenvalue weighted by molar-refractivity contribution is 0.00583. The summed E-state index contributed by atoms with van der Waals surface area (Å²) in [5.41, 5.74) is 5.93. The lowest BCUT2D eigenvalue weighted by Gasteiger charge is -2.25. The molecule has 0 bridgehead atoms. The van der Waals surface area contributed by atoms with Crippen LogP contribution in [-0.2, 0) is 11.3 Å². The molecular formula is C14H19N3OS. The van der Waals surface area contributed by atoms with Crippen LogP contribution in [0.5, 0.6) is 0 Å². The van der Waals surface area contributed by atoms with Gasteiger partial charge in [-0.05, 0) is 43.0 Å². The zero-order valence-corrected chi connectivity index (χ0v) is 11.9. The summed E-state index contributed by atoms with van der Waals surface area (Å²) in [6.07, 6.45) is 5.19. The molecule has 2 aromatic heterocycles. The molecule has 2 N–H and O–H groups in total. The Labute approximate surface area is 117 Å². The second kappa shape index (κ2) is 5.43. The Morgan fingerprint density at radius 1 is 1.32 bits per heavy atom. The molecule has 0 aromatic carbocycles. The van der Waals surface area contributed by atoms with Crippen molar-refractivity contribution < 1.29 is 4.74 Å². The van der Waals surface area contributed by atoms with Crippen molar-refractivity contribution in [1.82, 2.24) is 9.97 Å². The summed E-state index contributed by atoms with van der Waals surface area (Å²) in [5, 5.41) is 2.93. The average molecular weight is 277 g/mol. The van der Waals surface area contributed by atoms with Crippen molar-refractivity contribution in [3.05, 3.63) is 17.3 Å². The molecule has 1 fully saturated rings. The number of fused-ring (bicyclic) bond motifs is 1. The summed E-state index contributed by atoms with van der Waals surface area (Å²) >= 11 is 1.59. The molecule has 4 nitrogen and oxygen atoms in total. The van der Waals surface area contributed by atoms with Crippen LogP contribution in [0.25, 0.3) is 10.2 Å². The Hall–Kier alpha value is -1.20. The van der Waals surface area contributed by atoms with Crippen LogP contribution in [0.3, 0.4) is 0 Å². The first kappa shape index (κ1) is 12.8. The van der Waals surface area contributed by atoms with Gasteiger partial charge in [0.2, 0.25) is 0 Å². The SMILES string of the molecule is CC1CCC(OCc2nc(N)c3ccsc3n2)CC1. The first-order valence-corrected chi connectivity index (χ1v) is 7.71. The number of anilines is 1. The van der Waals surface area contributed by atoms with Crippen LogP contribution in [0.4, 0.5) is 5.82 Å². The highest BCUT2D eigenvalue weighted by molar-refractivity contribution is 7.16. The van der Waals surface area contributed by atoms with Crippen LogP contribution in [-0.4, -0.2) is 16.1 Å². The van der Waals surface area contributed by atoms with Crippen LogP contribution < -0.4 is 5.73 Å². The van der Waals surface area contributed by atoms with Crippen LogP contribution >= 0.6 is 11.3 Å². The predicted octanol–water partition coefficient (Wildman–Crippen LogP) is 3.37. The highest BCUT2D eigenvalue weighted by atomic mass is 32.1. The maximum atomic E-state index is 5.93. The number of thiophene rings is 1. The van der Waals surface area contributed by atoms with E-state index in [0.717, 1.165) is 29.0 Å². The number of nitrogens with two attached hydrogens (primary N) is 1. The molecule has 0 aliphatic heterocycles. The molecule has 0 atom stereocenters. The lowest BCUT2D eigenvalue weighted by atomic mass is 9.89. The van der Waals surface area contributed by atoms with Crippen LogP contribution in [0.2, 0.25) is 0 Å². The fraction of sp³-hybridized carbons (Fsp3) is 0.571. The summed E-state index contributed by atoms with van der Waals surface area (Å²) in [5.74, 6) is 2.10. The smallest absolute Gasteiger partial charge is 0.158 e. The minimum Gasteiger partial charge on any atom is -0.383 e. The van der Waals surface area contributed by atoms with Gasteiger partial charge in [-0.2, -0.15) is 0 Å². The third-order valence-electron chi connectivity index (χ3n) is 3.81. The summed E-state index contributed by atoms with van der Waals surface area (Å²) in [4.78, 5) is 9.77. The average Bonchev–Trinajstić information content (AvgIpc) is 2.87. The Kier molecular flexibility index (Phi) is 3.66. The van der Waals surface area contributed by atoms with E-state index in [1.807, 2.05) is 11.4 Å². The highest BCUT2D eigenvalue weighted by Gasteiger charge is 2.19. The maximum Gasteiger partial charge on any atom is 0.158 e. The molecule has 0 unspecified atom stereocenters. The van der Waals surface area contributed by atoms with Gasteiger partial charge in [0.1, 0.15) is 17.3 Å². The molecule has 0 spiro atoms. The van der Waals surface area contributed by atoms with Gasteiger partial charge in [-0.25, -0.2) is 9.97 Å². The summed E-state index contributed by atoms with van der Waals surface area (Å²) in [7, 11) is 0. The summed E-state index contributed by atoms with van der Waals surface area (Å²) in [6, 6.07) is 1.96. The van der Waals surface area contributed by atoms with E-state index in [1.54, 1.807) is 11.3 Å². The topological polar surface area (TPSA) is 61.0 Å². The molecule has 1 saturated carbocycles. The fourth-order valence-corrected chi connectivity index (χ4v) is 3.37. The maximum absolute atomic E-state index is 5.93.